The number of carbonyl (C=O) groups is 1. The van der Waals surface area contributed by atoms with Crippen LogP contribution >= 0.6 is 11.3 Å². The maximum absolute atomic E-state index is 12.9. The minimum Gasteiger partial charge on any atom is -0.298 e. The lowest BCUT2D eigenvalue weighted by Crippen LogP contribution is -2.41. The van der Waals surface area contributed by atoms with Crippen molar-refractivity contribution in [3.8, 4) is 17.3 Å². The van der Waals surface area contributed by atoms with Crippen LogP contribution in [0.5, 0.6) is 0 Å². The molecular weight excluding hydrogens is 444 g/mol. The molecule has 0 unspecified atom stereocenters. The van der Waals surface area contributed by atoms with E-state index < -0.39 is 10.0 Å². The largest absolute Gasteiger partial charge is 0.298 e. The number of sulfonamides is 1. The van der Waals surface area contributed by atoms with Crippen LogP contribution in [0, 0.1) is 11.3 Å². The smallest absolute Gasteiger partial charge is 0.257 e. The maximum Gasteiger partial charge on any atom is 0.257 e. The van der Waals surface area contributed by atoms with Crippen molar-refractivity contribution in [1.29, 1.82) is 5.26 Å². The van der Waals surface area contributed by atoms with Crippen molar-refractivity contribution in [1.82, 2.24) is 9.29 Å². The van der Waals surface area contributed by atoms with E-state index in [0.29, 0.717) is 28.5 Å². The topological polar surface area (TPSA) is 103 Å². The highest BCUT2D eigenvalue weighted by molar-refractivity contribution is 7.89. The third kappa shape index (κ3) is 4.58. The van der Waals surface area contributed by atoms with E-state index in [2.05, 4.69) is 16.4 Å². The number of hydrogen-bond donors (Lipinski definition) is 1. The van der Waals surface area contributed by atoms with Gasteiger partial charge in [-0.25, -0.2) is 13.4 Å². The van der Waals surface area contributed by atoms with Gasteiger partial charge in [0.2, 0.25) is 10.0 Å². The maximum atomic E-state index is 12.9. The number of piperidine rings is 1. The molecule has 32 heavy (non-hydrogen) atoms. The Labute approximate surface area is 191 Å². The molecule has 0 radical (unpaired) electrons. The SMILES string of the molecule is C[C@H]1CCCCN1S(=O)(=O)c1ccc(C(=O)Nc2nc(-c3ccc(C#N)cc3)cs2)cc1. The zero-order chi connectivity index (χ0) is 22.7. The fraction of sp³-hybridized carbons (Fsp3) is 0.261. The predicted octanol–water partition coefficient (Wildman–Crippen LogP) is 4.50. The van der Waals surface area contributed by atoms with Gasteiger partial charge in [-0.15, -0.1) is 11.3 Å². The van der Waals surface area contributed by atoms with Crippen LogP contribution < -0.4 is 5.32 Å². The number of nitriles is 1. The molecule has 2 heterocycles. The molecule has 1 aliphatic rings. The fourth-order valence-electron chi connectivity index (χ4n) is 3.69. The zero-order valence-electron chi connectivity index (χ0n) is 17.5. The van der Waals surface area contributed by atoms with E-state index in [9.17, 15) is 13.2 Å². The molecule has 1 atom stereocenters. The number of rotatable bonds is 5. The van der Waals surface area contributed by atoms with Gasteiger partial charge in [0.05, 0.1) is 22.2 Å². The summed E-state index contributed by atoms with van der Waals surface area (Å²) in [6.07, 6.45) is 2.76. The lowest BCUT2D eigenvalue weighted by Gasteiger charge is -2.32. The van der Waals surface area contributed by atoms with Crippen molar-refractivity contribution in [3.05, 3.63) is 65.0 Å². The van der Waals surface area contributed by atoms with E-state index in [1.54, 1.807) is 16.4 Å². The molecule has 1 N–H and O–H groups in total. The van der Waals surface area contributed by atoms with Gasteiger partial charge in [0.15, 0.2) is 5.13 Å². The minimum absolute atomic E-state index is 0.0214. The Balaban J connectivity index is 1.45. The molecule has 3 aromatic rings. The van der Waals surface area contributed by atoms with Gasteiger partial charge in [0, 0.05) is 29.1 Å². The summed E-state index contributed by atoms with van der Waals surface area (Å²) in [4.78, 5) is 17.2. The fourth-order valence-corrected chi connectivity index (χ4v) is 6.11. The Hall–Kier alpha value is -3.06. The summed E-state index contributed by atoms with van der Waals surface area (Å²) in [5.41, 5.74) is 2.47. The number of aromatic nitrogens is 1. The van der Waals surface area contributed by atoms with Crippen molar-refractivity contribution in [2.24, 2.45) is 0 Å². The second-order valence-electron chi connectivity index (χ2n) is 7.67. The minimum atomic E-state index is -3.57. The second-order valence-corrected chi connectivity index (χ2v) is 10.4. The lowest BCUT2D eigenvalue weighted by molar-refractivity contribution is 0.102. The van der Waals surface area contributed by atoms with E-state index in [0.717, 1.165) is 24.8 Å². The first-order chi connectivity index (χ1) is 15.4. The first-order valence-electron chi connectivity index (χ1n) is 10.3. The van der Waals surface area contributed by atoms with E-state index >= 15 is 0 Å². The molecule has 2 aromatic carbocycles. The third-order valence-corrected chi connectivity index (χ3v) is 8.29. The van der Waals surface area contributed by atoms with Gasteiger partial charge in [-0.2, -0.15) is 9.57 Å². The molecule has 1 fully saturated rings. The number of benzene rings is 2. The second kappa shape index (κ2) is 9.20. The van der Waals surface area contributed by atoms with Gasteiger partial charge < -0.3 is 0 Å². The summed E-state index contributed by atoms with van der Waals surface area (Å²) < 4.78 is 27.4. The Kier molecular flexibility index (Phi) is 6.37. The Morgan fingerprint density at radius 1 is 1.16 bits per heavy atom. The van der Waals surface area contributed by atoms with Crippen LogP contribution in [0.15, 0.2) is 58.8 Å². The summed E-state index contributed by atoms with van der Waals surface area (Å²) in [7, 11) is -3.57. The number of carbonyl (C=O) groups excluding carboxylic acids is 1. The molecule has 7 nitrogen and oxygen atoms in total. The third-order valence-electron chi connectivity index (χ3n) is 5.50. The summed E-state index contributed by atoms with van der Waals surface area (Å²) in [5, 5.41) is 13.9. The van der Waals surface area contributed by atoms with Gasteiger partial charge >= 0.3 is 0 Å². The van der Waals surface area contributed by atoms with Crippen LogP contribution in [0.4, 0.5) is 5.13 Å². The number of amides is 1. The van der Waals surface area contributed by atoms with Crippen molar-refractivity contribution < 1.29 is 13.2 Å². The molecule has 0 saturated carbocycles. The molecule has 164 valence electrons. The predicted molar refractivity (Wildman–Crippen MR) is 124 cm³/mol. The monoisotopic (exact) mass is 466 g/mol. The standard InChI is InChI=1S/C23H22N4O3S2/c1-16-4-2-3-13-27(16)32(29,30)20-11-9-19(10-12-20)22(28)26-23-25-21(15-31-23)18-7-5-17(14-24)6-8-18/h5-12,15-16H,2-4,13H2,1H3,(H,25,26,28)/t16-/m0/s1. The number of hydrogen-bond acceptors (Lipinski definition) is 6. The number of anilines is 1. The molecule has 0 bridgehead atoms. The van der Waals surface area contributed by atoms with E-state index in [-0.39, 0.29) is 16.8 Å². The average Bonchev–Trinajstić information content (AvgIpc) is 3.28. The van der Waals surface area contributed by atoms with Gasteiger partial charge in [-0.1, -0.05) is 18.6 Å². The summed E-state index contributed by atoms with van der Waals surface area (Å²) >= 11 is 1.29. The normalized spacial score (nSPS) is 16.9. The highest BCUT2D eigenvalue weighted by Gasteiger charge is 2.30. The number of nitrogens with zero attached hydrogens (tertiary/aromatic N) is 3. The van der Waals surface area contributed by atoms with Crippen LogP contribution in [0.25, 0.3) is 11.3 Å². The lowest BCUT2D eigenvalue weighted by atomic mass is 10.1. The van der Waals surface area contributed by atoms with Gasteiger partial charge in [-0.05, 0) is 56.2 Å². The first-order valence-corrected chi connectivity index (χ1v) is 12.6. The van der Waals surface area contributed by atoms with E-state index in [1.165, 1.54) is 35.6 Å². The van der Waals surface area contributed by atoms with Gasteiger partial charge in [0.1, 0.15) is 0 Å². The van der Waals surface area contributed by atoms with Crippen molar-refractivity contribution in [2.45, 2.75) is 37.1 Å². The quantitative estimate of drug-likeness (QED) is 0.596. The van der Waals surface area contributed by atoms with Crippen molar-refractivity contribution in [3.63, 3.8) is 0 Å². The Morgan fingerprint density at radius 2 is 1.88 bits per heavy atom. The van der Waals surface area contributed by atoms with Crippen LogP contribution in [0.2, 0.25) is 0 Å². The molecular formula is C23H22N4O3S2. The zero-order valence-corrected chi connectivity index (χ0v) is 19.1. The number of thiazole rings is 1. The highest BCUT2D eigenvalue weighted by atomic mass is 32.2. The summed E-state index contributed by atoms with van der Waals surface area (Å²) in [6.45, 7) is 2.45. The van der Waals surface area contributed by atoms with Crippen LogP contribution in [-0.4, -0.2) is 36.2 Å². The summed E-state index contributed by atoms with van der Waals surface area (Å²) in [5.74, 6) is -0.360. The summed E-state index contributed by atoms with van der Waals surface area (Å²) in [6, 6.07) is 15.1. The molecule has 1 aliphatic heterocycles. The molecule has 0 aliphatic carbocycles. The first kappa shape index (κ1) is 22.1. The molecule has 9 heteroatoms. The van der Waals surface area contributed by atoms with Crippen molar-refractivity contribution >= 4 is 32.4 Å². The van der Waals surface area contributed by atoms with Crippen molar-refractivity contribution in [2.75, 3.05) is 11.9 Å². The molecule has 1 saturated heterocycles. The van der Waals surface area contributed by atoms with Gasteiger partial charge in [-0.3, -0.25) is 10.1 Å². The molecule has 1 aromatic heterocycles. The number of nitrogens with one attached hydrogen (secondary N) is 1. The Morgan fingerprint density at radius 3 is 2.53 bits per heavy atom. The van der Waals surface area contributed by atoms with E-state index in [1.807, 2.05) is 24.4 Å². The molecule has 0 spiro atoms. The van der Waals surface area contributed by atoms with E-state index in [4.69, 9.17) is 5.26 Å². The van der Waals surface area contributed by atoms with Crippen LogP contribution in [0.3, 0.4) is 0 Å². The average molecular weight is 467 g/mol. The van der Waals surface area contributed by atoms with Gasteiger partial charge in [0.25, 0.3) is 5.91 Å². The Bertz CT molecular complexity index is 1260. The highest BCUT2D eigenvalue weighted by Crippen LogP contribution is 2.27. The molecule has 1 amide bonds. The van der Waals surface area contributed by atoms with Crippen LogP contribution in [0.1, 0.15) is 42.1 Å². The molecule has 4 rings (SSSR count). The van der Waals surface area contributed by atoms with Crippen LogP contribution in [-0.2, 0) is 10.0 Å².